The summed E-state index contributed by atoms with van der Waals surface area (Å²) in [5.74, 6) is 0. The van der Waals surface area contributed by atoms with Crippen molar-refractivity contribution in [2.45, 2.75) is 0 Å². The number of anilines is 3. The van der Waals surface area contributed by atoms with E-state index >= 15 is 0 Å². The third-order valence-corrected chi connectivity index (χ3v) is 13.6. The van der Waals surface area contributed by atoms with E-state index < -0.39 is 0 Å². The number of rotatable bonds is 9. The molecule has 13 aromatic rings. The van der Waals surface area contributed by atoms with Gasteiger partial charge < -0.3 is 13.9 Å². The van der Waals surface area contributed by atoms with E-state index in [1.165, 1.54) is 44.1 Å². The molecule has 3 heteroatoms. The van der Waals surface area contributed by atoms with E-state index in [0.717, 1.165) is 78.1 Å². The summed E-state index contributed by atoms with van der Waals surface area (Å²) in [6.45, 7) is 0. The monoisotopic (exact) mass is 880 g/mol. The minimum absolute atomic E-state index is 0.884. The summed E-state index contributed by atoms with van der Waals surface area (Å²) in [5.41, 5.74) is 20.0. The molecule has 2 heterocycles. The van der Waals surface area contributed by atoms with Gasteiger partial charge in [-0.3, -0.25) is 0 Å². The standard InChI is InChI=1S/C66H44N2O/c1-3-16-45(17-4-1)47-34-38-52(39-35-47)67(61-26-11-9-24-57(61)59-42-43-60-58-25-10-14-29-64(58)69-66(60)65(59)50-18-5-2-6-19-50)53-40-36-48(37-41-53)46-30-32-49(33-31-46)51-20-15-21-54(44-51)68-62-27-12-7-22-55(62)56-23-8-13-28-63(56)68/h1-44H. The third-order valence-electron chi connectivity index (χ3n) is 13.6. The van der Waals surface area contributed by atoms with Crippen molar-refractivity contribution in [2.24, 2.45) is 0 Å². The molecule has 69 heavy (non-hydrogen) atoms. The van der Waals surface area contributed by atoms with Crippen LogP contribution in [0.5, 0.6) is 0 Å². The van der Waals surface area contributed by atoms with Gasteiger partial charge >= 0.3 is 0 Å². The van der Waals surface area contributed by atoms with Gasteiger partial charge in [0.25, 0.3) is 0 Å². The van der Waals surface area contributed by atoms with Gasteiger partial charge in [0.05, 0.1) is 16.7 Å². The fourth-order valence-electron chi connectivity index (χ4n) is 10.3. The van der Waals surface area contributed by atoms with Crippen LogP contribution in [-0.2, 0) is 0 Å². The van der Waals surface area contributed by atoms with Gasteiger partial charge in [0.1, 0.15) is 11.2 Å². The molecule has 0 unspecified atom stereocenters. The molecule has 0 bridgehead atoms. The second-order valence-corrected chi connectivity index (χ2v) is 17.6. The fraction of sp³-hybridized carbons (Fsp3) is 0. The van der Waals surface area contributed by atoms with E-state index in [2.05, 4.69) is 270 Å². The molecule has 0 aliphatic heterocycles. The van der Waals surface area contributed by atoms with Crippen LogP contribution < -0.4 is 4.90 Å². The molecule has 13 rings (SSSR count). The quantitative estimate of drug-likeness (QED) is 0.144. The number of nitrogens with zero attached hydrogens (tertiary/aromatic N) is 2. The fourth-order valence-corrected chi connectivity index (χ4v) is 10.3. The lowest BCUT2D eigenvalue weighted by Gasteiger charge is -2.29. The molecule has 0 amide bonds. The van der Waals surface area contributed by atoms with Gasteiger partial charge in [-0.25, -0.2) is 0 Å². The first-order valence-electron chi connectivity index (χ1n) is 23.6. The van der Waals surface area contributed by atoms with Crippen molar-refractivity contribution in [3.05, 3.63) is 267 Å². The predicted molar refractivity (Wildman–Crippen MR) is 290 cm³/mol. The van der Waals surface area contributed by atoms with Crippen LogP contribution in [0.3, 0.4) is 0 Å². The van der Waals surface area contributed by atoms with Gasteiger partial charge in [-0.2, -0.15) is 0 Å². The van der Waals surface area contributed by atoms with E-state index in [9.17, 15) is 0 Å². The Morgan fingerprint density at radius 2 is 0.783 bits per heavy atom. The van der Waals surface area contributed by atoms with Crippen molar-refractivity contribution in [2.75, 3.05) is 4.90 Å². The van der Waals surface area contributed by atoms with Crippen molar-refractivity contribution >= 4 is 60.8 Å². The molecule has 0 atom stereocenters. The highest BCUT2D eigenvalue weighted by Crippen LogP contribution is 2.47. The number of para-hydroxylation sites is 4. The van der Waals surface area contributed by atoms with Crippen molar-refractivity contribution < 1.29 is 4.42 Å². The van der Waals surface area contributed by atoms with E-state index in [1.54, 1.807) is 0 Å². The van der Waals surface area contributed by atoms with Gasteiger partial charge in [-0.05, 0) is 111 Å². The number of furan rings is 1. The second-order valence-electron chi connectivity index (χ2n) is 17.6. The Hall–Kier alpha value is -9.18. The molecule has 0 spiro atoms. The first-order valence-corrected chi connectivity index (χ1v) is 23.6. The maximum atomic E-state index is 6.75. The van der Waals surface area contributed by atoms with Crippen LogP contribution in [0.25, 0.3) is 105 Å². The van der Waals surface area contributed by atoms with E-state index in [-0.39, 0.29) is 0 Å². The van der Waals surface area contributed by atoms with Crippen molar-refractivity contribution in [3.63, 3.8) is 0 Å². The maximum absolute atomic E-state index is 6.75. The number of benzene rings is 11. The van der Waals surface area contributed by atoms with E-state index in [1.807, 2.05) is 6.07 Å². The average Bonchev–Trinajstić information content (AvgIpc) is 3.98. The Balaban J connectivity index is 0.889. The molecule has 3 nitrogen and oxygen atoms in total. The molecule has 0 fully saturated rings. The van der Waals surface area contributed by atoms with Gasteiger partial charge in [-0.1, -0.05) is 200 Å². The molecule has 0 N–H and O–H groups in total. The molecule has 0 saturated heterocycles. The molecule has 11 aromatic carbocycles. The smallest absolute Gasteiger partial charge is 0.143 e. The summed E-state index contributed by atoms with van der Waals surface area (Å²) in [5, 5.41) is 4.75. The number of hydrogen-bond donors (Lipinski definition) is 0. The lowest BCUT2D eigenvalue weighted by Crippen LogP contribution is -2.11. The van der Waals surface area contributed by atoms with Crippen molar-refractivity contribution in [1.29, 1.82) is 0 Å². The highest BCUT2D eigenvalue weighted by Gasteiger charge is 2.23. The first kappa shape index (κ1) is 40.1. The summed E-state index contributed by atoms with van der Waals surface area (Å²) in [6.07, 6.45) is 0. The molecular formula is C66H44N2O. The topological polar surface area (TPSA) is 21.3 Å². The molecule has 2 aromatic heterocycles. The van der Waals surface area contributed by atoms with Crippen LogP contribution in [0.2, 0.25) is 0 Å². The molecular weight excluding hydrogens is 837 g/mol. The number of aromatic nitrogens is 1. The highest BCUT2D eigenvalue weighted by atomic mass is 16.3. The average molecular weight is 881 g/mol. The van der Waals surface area contributed by atoms with Crippen LogP contribution >= 0.6 is 0 Å². The largest absolute Gasteiger partial charge is 0.455 e. The number of hydrogen-bond acceptors (Lipinski definition) is 2. The van der Waals surface area contributed by atoms with Gasteiger partial charge in [-0.15, -0.1) is 0 Å². The summed E-state index contributed by atoms with van der Waals surface area (Å²) >= 11 is 0. The molecule has 324 valence electrons. The summed E-state index contributed by atoms with van der Waals surface area (Å²) in [4.78, 5) is 2.39. The Morgan fingerprint density at radius 3 is 1.42 bits per heavy atom. The van der Waals surface area contributed by atoms with E-state index in [4.69, 9.17) is 4.42 Å². The Bertz CT molecular complexity index is 3930. The second kappa shape index (κ2) is 16.9. The van der Waals surface area contributed by atoms with E-state index in [0.29, 0.717) is 0 Å². The van der Waals surface area contributed by atoms with Gasteiger partial charge in [0, 0.05) is 49.7 Å². The predicted octanol–water partition coefficient (Wildman–Crippen LogP) is 18.5. The zero-order valence-electron chi connectivity index (χ0n) is 37.7. The number of fused-ring (bicyclic) bond motifs is 6. The van der Waals surface area contributed by atoms with Crippen LogP contribution in [0.1, 0.15) is 0 Å². The zero-order chi connectivity index (χ0) is 45.7. The van der Waals surface area contributed by atoms with Crippen LogP contribution in [0, 0.1) is 0 Å². The lowest BCUT2D eigenvalue weighted by molar-refractivity contribution is 0.670. The van der Waals surface area contributed by atoms with Crippen LogP contribution in [0.15, 0.2) is 271 Å². The first-order chi connectivity index (χ1) is 34.2. The normalized spacial score (nSPS) is 11.5. The molecule has 0 aliphatic rings. The van der Waals surface area contributed by atoms with Gasteiger partial charge in [0.15, 0.2) is 0 Å². The molecule has 0 aliphatic carbocycles. The Kier molecular flexibility index (Phi) is 9.84. The Morgan fingerprint density at radius 1 is 0.304 bits per heavy atom. The summed E-state index contributed by atoms with van der Waals surface area (Å²) < 4.78 is 9.13. The third kappa shape index (κ3) is 7.08. The zero-order valence-corrected chi connectivity index (χ0v) is 37.7. The maximum Gasteiger partial charge on any atom is 0.143 e. The van der Waals surface area contributed by atoms with Crippen molar-refractivity contribution in [3.8, 4) is 61.3 Å². The molecule has 0 radical (unpaired) electrons. The molecule has 0 saturated carbocycles. The summed E-state index contributed by atoms with van der Waals surface area (Å²) in [6, 6.07) is 95.9. The highest BCUT2D eigenvalue weighted by molar-refractivity contribution is 6.14. The van der Waals surface area contributed by atoms with Crippen molar-refractivity contribution in [1.82, 2.24) is 4.57 Å². The summed E-state index contributed by atoms with van der Waals surface area (Å²) in [7, 11) is 0. The minimum atomic E-state index is 0.884. The lowest BCUT2D eigenvalue weighted by atomic mass is 9.91. The Labute approximate surface area is 401 Å². The minimum Gasteiger partial charge on any atom is -0.455 e. The van der Waals surface area contributed by atoms with Crippen LogP contribution in [-0.4, -0.2) is 4.57 Å². The SMILES string of the molecule is c1ccc(-c2ccc(N(c3ccc(-c4ccc(-c5cccc(-n6c7ccccc7c7ccccc76)c5)cc4)cc3)c3ccccc3-c3ccc4c(oc5ccccc54)c3-c3ccccc3)cc2)cc1. The van der Waals surface area contributed by atoms with Gasteiger partial charge in [0.2, 0.25) is 0 Å². The van der Waals surface area contributed by atoms with Crippen LogP contribution in [0.4, 0.5) is 17.1 Å².